The molecule has 5 aromatic carbocycles. The normalized spacial score (nSPS) is 16.2. The van der Waals surface area contributed by atoms with Gasteiger partial charge in [0.25, 0.3) is 0 Å². The van der Waals surface area contributed by atoms with Crippen LogP contribution >= 0.6 is 0 Å². The van der Waals surface area contributed by atoms with Crippen molar-refractivity contribution in [1.82, 2.24) is 14.8 Å². The van der Waals surface area contributed by atoms with Gasteiger partial charge >= 0.3 is 12.2 Å². The van der Waals surface area contributed by atoms with Crippen LogP contribution in [-0.4, -0.2) is 71.1 Å². The number of fused-ring (bicyclic) bond motifs is 1. The monoisotopic (exact) mass is 791 g/mol. The van der Waals surface area contributed by atoms with Gasteiger partial charge in [-0.3, -0.25) is 19.4 Å². The fraction of sp³-hybridized carbons (Fsp3) is 0.234. The van der Waals surface area contributed by atoms with Gasteiger partial charge < -0.3 is 29.8 Å². The Balaban J connectivity index is 0.993. The van der Waals surface area contributed by atoms with E-state index in [9.17, 15) is 19.2 Å². The number of rotatable bonds is 11. The van der Waals surface area contributed by atoms with Crippen molar-refractivity contribution in [3.05, 3.63) is 139 Å². The van der Waals surface area contributed by atoms with E-state index in [-0.39, 0.29) is 25.0 Å². The van der Waals surface area contributed by atoms with Crippen LogP contribution < -0.4 is 15.4 Å². The van der Waals surface area contributed by atoms with E-state index >= 15 is 0 Å². The molecule has 59 heavy (non-hydrogen) atoms. The van der Waals surface area contributed by atoms with Gasteiger partial charge in [-0.1, -0.05) is 84.9 Å². The minimum Gasteiger partial charge on any atom is -0.497 e. The lowest BCUT2D eigenvalue weighted by Crippen LogP contribution is -2.43. The van der Waals surface area contributed by atoms with E-state index in [1.54, 1.807) is 7.11 Å². The summed E-state index contributed by atoms with van der Waals surface area (Å²) < 4.78 is 16.7. The van der Waals surface area contributed by atoms with Gasteiger partial charge in [-0.25, -0.2) is 9.59 Å². The molecule has 4 amide bonds. The fourth-order valence-corrected chi connectivity index (χ4v) is 7.86. The second kappa shape index (κ2) is 17.6. The van der Waals surface area contributed by atoms with E-state index in [0.717, 1.165) is 44.4 Å². The van der Waals surface area contributed by atoms with Crippen LogP contribution in [0.25, 0.3) is 33.3 Å². The Labute approximate surface area is 342 Å². The molecule has 0 aliphatic carbocycles. The molecule has 0 unspecified atom stereocenters. The molecule has 1 aromatic heterocycles. The first kappa shape index (κ1) is 38.8. The maximum atomic E-state index is 13.7. The van der Waals surface area contributed by atoms with E-state index in [1.165, 1.54) is 9.80 Å². The molecule has 3 N–H and O–H groups in total. The van der Waals surface area contributed by atoms with E-state index in [4.69, 9.17) is 14.2 Å². The van der Waals surface area contributed by atoms with Gasteiger partial charge in [0.15, 0.2) is 0 Å². The number of H-pyrrole nitrogens is 1. The third-order valence-corrected chi connectivity index (χ3v) is 10.9. The number of aromatic nitrogens is 1. The highest BCUT2D eigenvalue weighted by Crippen LogP contribution is 2.41. The standard InChI is InChI=1S/C47H45N5O7/c1-57-37-16-8-15-34(27-37)42-38-28-36(49-45(54)41-18-10-26-52(41)47(56)59-30-32-13-6-3-7-14-32)23-24-39(38)50-43(42)33-19-21-35(22-20-33)48-44(53)40-17-9-25-51(40)46(55)58-29-31-11-4-2-5-12-31/h2-8,11-16,19-24,27-28,40-41,50H,9-10,17-18,25-26,29-30H2,1H3,(H,48,53)(H,49,54)/t40-,41-/m0/s1. The smallest absolute Gasteiger partial charge is 0.410 e. The van der Waals surface area contributed by atoms with Gasteiger partial charge in [-0.2, -0.15) is 0 Å². The first-order chi connectivity index (χ1) is 28.8. The largest absolute Gasteiger partial charge is 0.497 e. The van der Waals surface area contributed by atoms with Gasteiger partial charge in [-0.05, 0) is 90.4 Å². The zero-order valence-electron chi connectivity index (χ0n) is 32.7. The number of nitrogens with zero attached hydrogens (tertiary/aromatic N) is 2. The predicted molar refractivity (Wildman–Crippen MR) is 226 cm³/mol. The Morgan fingerprint density at radius 3 is 1.76 bits per heavy atom. The average Bonchev–Trinajstić information content (AvgIpc) is 4.06. The van der Waals surface area contributed by atoms with E-state index in [1.807, 2.05) is 127 Å². The Kier molecular flexibility index (Phi) is 11.6. The Morgan fingerprint density at radius 1 is 0.627 bits per heavy atom. The number of methoxy groups -OCH3 is 1. The van der Waals surface area contributed by atoms with Crippen molar-refractivity contribution in [2.45, 2.75) is 51.0 Å². The fourth-order valence-electron chi connectivity index (χ4n) is 7.86. The molecule has 300 valence electrons. The molecule has 0 saturated carbocycles. The van der Waals surface area contributed by atoms with Gasteiger partial charge in [0.05, 0.1) is 12.8 Å². The molecule has 0 radical (unpaired) electrons. The second-order valence-electron chi connectivity index (χ2n) is 14.7. The minimum atomic E-state index is -0.655. The number of ether oxygens (including phenoxy) is 3. The summed E-state index contributed by atoms with van der Waals surface area (Å²) in [5.74, 6) is 0.143. The van der Waals surface area contributed by atoms with Crippen LogP contribution in [0.2, 0.25) is 0 Å². The topological polar surface area (TPSA) is 142 Å². The van der Waals surface area contributed by atoms with Crippen LogP contribution in [0.3, 0.4) is 0 Å². The van der Waals surface area contributed by atoms with E-state index in [0.29, 0.717) is 55.9 Å². The number of amides is 4. The summed E-state index contributed by atoms with van der Waals surface area (Å²) in [7, 11) is 1.62. The van der Waals surface area contributed by atoms with Gasteiger partial charge in [0, 0.05) is 40.9 Å². The highest BCUT2D eigenvalue weighted by atomic mass is 16.6. The lowest BCUT2D eigenvalue weighted by molar-refractivity contribution is -0.120. The van der Waals surface area contributed by atoms with E-state index in [2.05, 4.69) is 15.6 Å². The number of hydrogen-bond acceptors (Lipinski definition) is 7. The number of carbonyl (C=O) groups is 4. The molecule has 2 aliphatic rings. The second-order valence-corrected chi connectivity index (χ2v) is 14.7. The molecule has 2 saturated heterocycles. The summed E-state index contributed by atoms with van der Waals surface area (Å²) in [6.07, 6.45) is 1.47. The molecule has 0 bridgehead atoms. The Hall–Kier alpha value is -7.08. The lowest BCUT2D eigenvalue weighted by atomic mass is 9.97. The molecule has 3 heterocycles. The molecule has 2 fully saturated rings. The quantitative estimate of drug-likeness (QED) is 0.119. The first-order valence-corrected chi connectivity index (χ1v) is 19.8. The van der Waals surface area contributed by atoms with Gasteiger partial charge in [0.1, 0.15) is 31.0 Å². The number of nitrogens with one attached hydrogen (secondary N) is 3. The number of carbonyl (C=O) groups excluding carboxylic acids is 4. The molecule has 6 aromatic rings. The van der Waals surface area contributed by atoms with Crippen molar-refractivity contribution in [3.63, 3.8) is 0 Å². The summed E-state index contributed by atoms with van der Waals surface area (Å²) >= 11 is 0. The van der Waals surface area contributed by atoms with Crippen LogP contribution in [0, 0.1) is 0 Å². The van der Waals surface area contributed by atoms with Crippen molar-refractivity contribution in [1.29, 1.82) is 0 Å². The van der Waals surface area contributed by atoms with Crippen molar-refractivity contribution in [2.75, 3.05) is 30.8 Å². The number of hydrogen-bond donors (Lipinski definition) is 3. The third kappa shape index (κ3) is 8.76. The highest BCUT2D eigenvalue weighted by molar-refractivity contribution is 6.07. The van der Waals surface area contributed by atoms with Crippen molar-refractivity contribution >= 4 is 46.3 Å². The molecule has 2 aliphatic heterocycles. The summed E-state index contributed by atoms with van der Waals surface area (Å²) in [6.45, 7) is 1.17. The molecular weight excluding hydrogens is 747 g/mol. The Bertz CT molecular complexity index is 2450. The van der Waals surface area contributed by atoms with Crippen LogP contribution in [0.1, 0.15) is 36.8 Å². The Morgan fingerprint density at radius 2 is 1.19 bits per heavy atom. The summed E-state index contributed by atoms with van der Waals surface area (Å²) in [4.78, 5) is 59.8. The average molecular weight is 792 g/mol. The summed E-state index contributed by atoms with van der Waals surface area (Å²) in [5.41, 5.74) is 7.28. The minimum absolute atomic E-state index is 0.133. The maximum absolute atomic E-state index is 13.7. The first-order valence-electron chi connectivity index (χ1n) is 19.8. The number of aromatic amines is 1. The van der Waals surface area contributed by atoms with Crippen LogP contribution in [0.15, 0.2) is 127 Å². The lowest BCUT2D eigenvalue weighted by Gasteiger charge is -2.23. The maximum Gasteiger partial charge on any atom is 0.410 e. The number of likely N-dealkylation sites (tertiary alicyclic amines) is 2. The zero-order valence-corrected chi connectivity index (χ0v) is 32.7. The van der Waals surface area contributed by atoms with Gasteiger partial charge in [-0.15, -0.1) is 0 Å². The molecule has 8 rings (SSSR count). The molecule has 2 atom stereocenters. The van der Waals surface area contributed by atoms with Crippen LogP contribution in [0.4, 0.5) is 21.0 Å². The van der Waals surface area contributed by atoms with E-state index < -0.39 is 24.3 Å². The van der Waals surface area contributed by atoms with Crippen molar-refractivity contribution < 1.29 is 33.4 Å². The summed E-state index contributed by atoms with van der Waals surface area (Å²) in [6, 6.07) is 38.6. The van der Waals surface area contributed by atoms with Crippen LogP contribution in [-0.2, 0) is 32.3 Å². The number of benzene rings is 5. The van der Waals surface area contributed by atoms with Crippen molar-refractivity contribution in [3.8, 4) is 28.1 Å². The van der Waals surface area contributed by atoms with Gasteiger partial charge in [0.2, 0.25) is 11.8 Å². The highest BCUT2D eigenvalue weighted by Gasteiger charge is 2.36. The third-order valence-electron chi connectivity index (χ3n) is 10.9. The zero-order chi connectivity index (χ0) is 40.7. The van der Waals surface area contributed by atoms with Crippen LogP contribution in [0.5, 0.6) is 5.75 Å². The molecule has 12 nitrogen and oxygen atoms in total. The number of anilines is 2. The molecule has 0 spiro atoms. The SMILES string of the molecule is COc1cccc(-c2c(-c3ccc(NC(=O)[C@@H]4CCCN4C(=O)OCc4ccccc4)cc3)[nH]c3ccc(NC(=O)[C@@H]4CCCN4C(=O)OCc4ccccc4)cc23)c1. The summed E-state index contributed by atoms with van der Waals surface area (Å²) in [5, 5.41) is 6.92. The molecular formula is C47H45N5O7. The predicted octanol–water partition coefficient (Wildman–Crippen LogP) is 8.99. The molecule has 12 heteroatoms. The van der Waals surface area contributed by atoms with Crippen molar-refractivity contribution in [2.24, 2.45) is 0 Å².